The van der Waals surface area contributed by atoms with E-state index >= 15 is 0 Å². The molecule has 0 spiro atoms. The zero-order chi connectivity index (χ0) is 23.8. The van der Waals surface area contributed by atoms with E-state index in [2.05, 4.69) is 20.8 Å². The van der Waals surface area contributed by atoms with Gasteiger partial charge in [0.15, 0.2) is 0 Å². The Labute approximate surface area is 195 Å². The summed E-state index contributed by atoms with van der Waals surface area (Å²) in [5, 5.41) is 19.1. The van der Waals surface area contributed by atoms with Crippen LogP contribution in [0.25, 0.3) is 0 Å². The molecule has 4 heteroatoms. The van der Waals surface area contributed by atoms with Gasteiger partial charge in [0, 0.05) is 0 Å². The summed E-state index contributed by atoms with van der Waals surface area (Å²) >= 11 is 0. The van der Waals surface area contributed by atoms with Crippen LogP contribution in [-0.4, -0.2) is 22.2 Å². The SMILES string of the molecule is CCCc1ccc(C(=O)O)c(C(=O)O)c1CCCCCCCCCCCCCCC(C)C. The van der Waals surface area contributed by atoms with Crippen LogP contribution >= 0.6 is 0 Å². The molecule has 32 heavy (non-hydrogen) atoms. The fourth-order valence-electron chi connectivity index (χ4n) is 4.52. The molecule has 0 aromatic heterocycles. The maximum atomic E-state index is 11.8. The van der Waals surface area contributed by atoms with E-state index in [9.17, 15) is 19.8 Å². The van der Waals surface area contributed by atoms with Crippen LogP contribution in [0.1, 0.15) is 143 Å². The number of carboxylic acids is 2. The standard InChI is InChI=1S/C28H46O4/c1-4-17-23-20-21-25(27(29)30)26(28(31)32)24(23)19-16-14-12-10-8-6-5-7-9-11-13-15-18-22(2)3/h20-22H,4-19H2,1-3H3,(H,29,30)(H,31,32). The van der Waals surface area contributed by atoms with Crippen molar-refractivity contribution in [2.45, 2.75) is 124 Å². The molecule has 0 radical (unpaired) electrons. The van der Waals surface area contributed by atoms with Crippen molar-refractivity contribution in [2.24, 2.45) is 5.92 Å². The van der Waals surface area contributed by atoms with Gasteiger partial charge in [-0.3, -0.25) is 0 Å². The van der Waals surface area contributed by atoms with Crippen LogP contribution in [0.15, 0.2) is 12.1 Å². The number of hydrogen-bond acceptors (Lipinski definition) is 2. The van der Waals surface area contributed by atoms with Gasteiger partial charge in [0.1, 0.15) is 0 Å². The Morgan fingerprint density at radius 3 is 1.66 bits per heavy atom. The number of aromatic carboxylic acids is 2. The van der Waals surface area contributed by atoms with E-state index in [-0.39, 0.29) is 11.1 Å². The summed E-state index contributed by atoms with van der Waals surface area (Å²) in [5.41, 5.74) is 1.62. The molecule has 0 bridgehead atoms. The third-order valence-corrected chi connectivity index (χ3v) is 6.33. The molecule has 0 unspecified atom stereocenters. The molecule has 0 amide bonds. The molecular formula is C28H46O4. The zero-order valence-corrected chi connectivity index (χ0v) is 20.8. The fraction of sp³-hybridized carbons (Fsp3) is 0.714. The lowest BCUT2D eigenvalue weighted by atomic mass is 9.90. The molecule has 1 aromatic rings. The first-order chi connectivity index (χ1) is 15.4. The quantitative estimate of drug-likeness (QED) is 0.210. The minimum absolute atomic E-state index is 0.00680. The predicted molar refractivity (Wildman–Crippen MR) is 133 cm³/mol. The number of hydrogen-bond donors (Lipinski definition) is 2. The van der Waals surface area contributed by atoms with Crippen LogP contribution in [0, 0.1) is 5.92 Å². The maximum Gasteiger partial charge on any atom is 0.336 e. The number of carbonyl (C=O) groups is 2. The second-order valence-electron chi connectivity index (χ2n) is 9.66. The van der Waals surface area contributed by atoms with Gasteiger partial charge in [0.05, 0.1) is 11.1 Å². The highest BCUT2D eigenvalue weighted by molar-refractivity contribution is 6.03. The largest absolute Gasteiger partial charge is 0.478 e. The van der Waals surface area contributed by atoms with Gasteiger partial charge in [-0.25, -0.2) is 9.59 Å². The summed E-state index contributed by atoms with van der Waals surface area (Å²) in [6.07, 6.45) is 18.9. The molecule has 0 aliphatic carbocycles. The summed E-state index contributed by atoms with van der Waals surface area (Å²) in [6, 6.07) is 3.25. The molecule has 1 aromatic carbocycles. The van der Waals surface area contributed by atoms with Crippen LogP contribution in [0.2, 0.25) is 0 Å². The molecule has 0 atom stereocenters. The maximum absolute atomic E-state index is 11.8. The first-order valence-electron chi connectivity index (χ1n) is 13.0. The monoisotopic (exact) mass is 446 g/mol. The Bertz CT molecular complexity index is 678. The van der Waals surface area contributed by atoms with E-state index < -0.39 is 11.9 Å². The highest BCUT2D eigenvalue weighted by Gasteiger charge is 2.22. The zero-order valence-electron chi connectivity index (χ0n) is 20.8. The third-order valence-electron chi connectivity index (χ3n) is 6.33. The van der Waals surface area contributed by atoms with Crippen molar-refractivity contribution < 1.29 is 19.8 Å². The summed E-state index contributed by atoms with van der Waals surface area (Å²) in [5.74, 6) is -1.46. The minimum atomic E-state index is -1.16. The van der Waals surface area contributed by atoms with E-state index in [4.69, 9.17) is 0 Å². The summed E-state index contributed by atoms with van der Waals surface area (Å²) < 4.78 is 0. The lowest BCUT2D eigenvalue weighted by molar-refractivity contribution is 0.0650. The van der Waals surface area contributed by atoms with Crippen LogP contribution in [0.4, 0.5) is 0 Å². The Hall–Kier alpha value is -1.84. The highest BCUT2D eigenvalue weighted by Crippen LogP contribution is 2.24. The number of benzene rings is 1. The van der Waals surface area contributed by atoms with Gasteiger partial charge >= 0.3 is 11.9 Å². The lowest BCUT2D eigenvalue weighted by Crippen LogP contribution is -2.14. The minimum Gasteiger partial charge on any atom is -0.478 e. The van der Waals surface area contributed by atoms with Crippen molar-refractivity contribution in [1.29, 1.82) is 0 Å². The van der Waals surface area contributed by atoms with Gasteiger partial charge in [-0.2, -0.15) is 0 Å². The van der Waals surface area contributed by atoms with Gasteiger partial charge in [-0.15, -0.1) is 0 Å². The lowest BCUT2D eigenvalue weighted by Gasteiger charge is -2.15. The molecular weight excluding hydrogens is 400 g/mol. The van der Waals surface area contributed by atoms with Gasteiger partial charge in [0.2, 0.25) is 0 Å². The van der Waals surface area contributed by atoms with Crippen molar-refractivity contribution in [3.8, 4) is 0 Å². The van der Waals surface area contributed by atoms with Crippen molar-refractivity contribution in [2.75, 3.05) is 0 Å². The number of aryl methyl sites for hydroxylation is 1. The van der Waals surface area contributed by atoms with E-state index in [1.807, 2.05) is 0 Å². The smallest absolute Gasteiger partial charge is 0.336 e. The molecule has 0 fully saturated rings. The first-order valence-corrected chi connectivity index (χ1v) is 13.0. The van der Waals surface area contributed by atoms with Crippen molar-refractivity contribution >= 4 is 11.9 Å². The second-order valence-corrected chi connectivity index (χ2v) is 9.66. The molecule has 4 nitrogen and oxygen atoms in total. The van der Waals surface area contributed by atoms with E-state index in [0.29, 0.717) is 6.42 Å². The second kappa shape index (κ2) is 16.7. The van der Waals surface area contributed by atoms with Crippen molar-refractivity contribution in [3.63, 3.8) is 0 Å². The van der Waals surface area contributed by atoms with Crippen LogP contribution in [0.5, 0.6) is 0 Å². The molecule has 182 valence electrons. The Morgan fingerprint density at radius 1 is 0.719 bits per heavy atom. The van der Waals surface area contributed by atoms with Crippen molar-refractivity contribution in [1.82, 2.24) is 0 Å². The van der Waals surface area contributed by atoms with Crippen LogP contribution in [0.3, 0.4) is 0 Å². The van der Waals surface area contributed by atoms with Gasteiger partial charge < -0.3 is 10.2 Å². The Morgan fingerprint density at radius 2 is 1.22 bits per heavy atom. The Kier molecular flexibility index (Phi) is 14.8. The molecule has 0 aliphatic heterocycles. The average molecular weight is 447 g/mol. The molecule has 0 saturated heterocycles. The van der Waals surface area contributed by atoms with E-state index in [1.165, 1.54) is 76.7 Å². The topological polar surface area (TPSA) is 74.6 Å². The molecule has 0 saturated carbocycles. The van der Waals surface area contributed by atoms with Gasteiger partial charge in [0.25, 0.3) is 0 Å². The summed E-state index contributed by atoms with van der Waals surface area (Å²) in [6.45, 7) is 6.66. The molecule has 2 N–H and O–H groups in total. The third kappa shape index (κ3) is 11.2. The molecule has 0 heterocycles. The number of carboxylic acid groups (broad SMARTS) is 2. The van der Waals surface area contributed by atoms with Gasteiger partial charge in [-0.1, -0.05) is 110 Å². The normalized spacial score (nSPS) is 11.2. The van der Waals surface area contributed by atoms with E-state index in [1.54, 1.807) is 6.07 Å². The molecule has 0 aliphatic rings. The van der Waals surface area contributed by atoms with Crippen LogP contribution in [-0.2, 0) is 12.8 Å². The highest BCUT2D eigenvalue weighted by atomic mass is 16.4. The number of unbranched alkanes of at least 4 members (excludes halogenated alkanes) is 11. The first kappa shape index (κ1) is 28.2. The molecule has 1 rings (SSSR count). The summed E-state index contributed by atoms with van der Waals surface area (Å²) in [7, 11) is 0. The fourth-order valence-corrected chi connectivity index (χ4v) is 4.52. The average Bonchev–Trinajstić information content (AvgIpc) is 2.74. The van der Waals surface area contributed by atoms with E-state index in [0.717, 1.165) is 42.7 Å². The number of rotatable bonds is 19. The van der Waals surface area contributed by atoms with Crippen molar-refractivity contribution in [3.05, 3.63) is 34.4 Å². The summed E-state index contributed by atoms with van der Waals surface area (Å²) in [4.78, 5) is 23.3. The van der Waals surface area contributed by atoms with Gasteiger partial charge in [-0.05, 0) is 42.4 Å². The van der Waals surface area contributed by atoms with Crippen LogP contribution < -0.4 is 0 Å². The predicted octanol–water partition coefficient (Wildman–Crippen LogP) is 8.31. The Balaban J connectivity index is 2.28.